The fraction of sp³-hybridized carbons (Fsp3) is 0.364. The molecule has 5 rings (SSSR count). The molecule has 0 aliphatic carbocycles. The molecule has 0 spiro atoms. The van der Waals surface area contributed by atoms with Crippen LogP contribution in [0.2, 0.25) is 5.02 Å². The molecule has 13 heteroatoms. The number of fused-ring (bicyclic) bond motifs is 1. The maximum Gasteiger partial charge on any atom is 0.514 e. The van der Waals surface area contributed by atoms with Crippen molar-refractivity contribution in [1.29, 1.82) is 0 Å². The van der Waals surface area contributed by atoms with Gasteiger partial charge in [0.25, 0.3) is 15.9 Å². The zero-order valence-electron chi connectivity index (χ0n) is 26.5. The van der Waals surface area contributed by atoms with Gasteiger partial charge in [-0.05, 0) is 62.2 Å². The van der Waals surface area contributed by atoms with Crippen LogP contribution in [-0.4, -0.2) is 64.5 Å². The van der Waals surface area contributed by atoms with E-state index in [1.165, 1.54) is 19.2 Å². The highest BCUT2D eigenvalue weighted by molar-refractivity contribution is 7.92. The molecule has 244 valence electrons. The standard InChI is InChI=1S/C33H38ClN5O6S/c1-32(2,3)39(31(41)42)17-9-16-33(39,4)30(40)35-20-22-10-6-11-23(18-22)21-38-26-14-8-15-27(45-5)28(26)29(36-38)37-46(43,44)25-13-7-12-24(34)19-25/h6-8,10-15,18-19H,9,16-17,20-21H2,1-5H3,(H2-,35,36,37,40,41,42)/p+1/t33-,39?/m0/s1. The first-order chi connectivity index (χ1) is 21.6. The highest BCUT2D eigenvalue weighted by Gasteiger charge is 2.66. The second-order valence-electron chi connectivity index (χ2n) is 12.8. The smallest absolute Gasteiger partial charge is 0.496 e. The van der Waals surface area contributed by atoms with Crippen LogP contribution in [0.3, 0.4) is 0 Å². The van der Waals surface area contributed by atoms with Gasteiger partial charge in [-0.3, -0.25) is 14.2 Å². The number of anilines is 1. The molecule has 4 aromatic rings. The minimum absolute atomic E-state index is 0.000653. The van der Waals surface area contributed by atoms with E-state index in [0.717, 1.165) is 11.1 Å². The second kappa shape index (κ2) is 12.2. The van der Waals surface area contributed by atoms with E-state index in [1.807, 2.05) is 51.1 Å². The van der Waals surface area contributed by atoms with Crippen molar-refractivity contribution in [3.8, 4) is 5.75 Å². The number of carbonyl (C=O) groups is 2. The van der Waals surface area contributed by atoms with Crippen molar-refractivity contribution in [2.24, 2.45) is 0 Å². The van der Waals surface area contributed by atoms with Crippen LogP contribution in [-0.2, 0) is 27.9 Å². The topological polar surface area (TPSA) is 140 Å². The van der Waals surface area contributed by atoms with Gasteiger partial charge in [-0.1, -0.05) is 48.0 Å². The molecule has 1 aromatic heterocycles. The highest BCUT2D eigenvalue weighted by Crippen LogP contribution is 2.44. The molecular formula is C33H39ClN5O6S+. The number of sulfonamides is 1. The summed E-state index contributed by atoms with van der Waals surface area (Å²) in [6.07, 6.45) is 0.117. The lowest BCUT2D eigenvalue weighted by Gasteiger charge is -2.49. The Balaban J connectivity index is 1.40. The summed E-state index contributed by atoms with van der Waals surface area (Å²) < 4.78 is 36.0. The number of halogens is 1. The zero-order valence-corrected chi connectivity index (χ0v) is 28.1. The van der Waals surface area contributed by atoms with Crippen LogP contribution in [0.15, 0.2) is 71.6 Å². The van der Waals surface area contributed by atoms with Crippen LogP contribution >= 0.6 is 11.6 Å². The lowest BCUT2D eigenvalue weighted by molar-refractivity contribution is -0.927. The summed E-state index contributed by atoms with van der Waals surface area (Å²) in [7, 11) is -2.51. The Bertz CT molecular complexity index is 1920. The first-order valence-electron chi connectivity index (χ1n) is 14.9. The summed E-state index contributed by atoms with van der Waals surface area (Å²) in [6.45, 7) is 8.24. The number of amides is 2. The Morgan fingerprint density at radius 1 is 1.09 bits per heavy atom. The first-order valence-corrected chi connectivity index (χ1v) is 16.8. The lowest BCUT2D eigenvalue weighted by atomic mass is 9.89. The Hall–Kier alpha value is -4.13. The van der Waals surface area contributed by atoms with Gasteiger partial charge in [-0.15, -0.1) is 0 Å². The van der Waals surface area contributed by atoms with E-state index in [4.69, 9.17) is 16.3 Å². The predicted molar refractivity (Wildman–Crippen MR) is 176 cm³/mol. The van der Waals surface area contributed by atoms with Crippen LogP contribution in [0.5, 0.6) is 5.75 Å². The molecule has 1 unspecified atom stereocenters. The van der Waals surface area contributed by atoms with Crippen molar-refractivity contribution in [3.63, 3.8) is 0 Å². The predicted octanol–water partition coefficient (Wildman–Crippen LogP) is 6.01. The van der Waals surface area contributed by atoms with Gasteiger partial charge in [0.2, 0.25) is 0 Å². The maximum atomic E-state index is 13.6. The number of likely N-dealkylation sites (tertiary alicyclic amines) is 1. The largest absolute Gasteiger partial charge is 0.514 e. The highest BCUT2D eigenvalue weighted by atomic mass is 35.5. The summed E-state index contributed by atoms with van der Waals surface area (Å²) >= 11 is 6.05. The molecule has 3 aromatic carbocycles. The van der Waals surface area contributed by atoms with Gasteiger partial charge in [-0.25, -0.2) is 12.9 Å². The van der Waals surface area contributed by atoms with E-state index in [2.05, 4.69) is 15.1 Å². The summed E-state index contributed by atoms with van der Waals surface area (Å²) in [4.78, 5) is 26.3. The quantitative estimate of drug-likeness (QED) is 0.186. The molecule has 1 aliphatic heterocycles. The normalized spacial score (nSPS) is 20.0. The molecule has 1 aliphatic rings. The second-order valence-corrected chi connectivity index (χ2v) is 14.9. The van der Waals surface area contributed by atoms with Gasteiger partial charge in [0, 0.05) is 31.3 Å². The van der Waals surface area contributed by atoms with Gasteiger partial charge in [0.05, 0.1) is 36.0 Å². The molecule has 2 atom stereocenters. The molecule has 3 N–H and O–H groups in total. The number of carboxylic acid groups (broad SMARTS) is 1. The van der Waals surface area contributed by atoms with Crippen molar-refractivity contribution >= 4 is 50.3 Å². The summed E-state index contributed by atoms with van der Waals surface area (Å²) in [5.74, 6) is 0.268. The van der Waals surface area contributed by atoms with Crippen LogP contribution in [0.25, 0.3) is 10.9 Å². The molecule has 46 heavy (non-hydrogen) atoms. The van der Waals surface area contributed by atoms with Crippen molar-refractivity contribution in [2.45, 2.75) is 69.6 Å². The number of methoxy groups -OCH3 is 1. The number of hydrogen-bond acceptors (Lipinski definition) is 6. The first kappa shape index (κ1) is 33.2. The lowest BCUT2D eigenvalue weighted by Crippen LogP contribution is -2.74. The van der Waals surface area contributed by atoms with Crippen molar-refractivity contribution < 1.29 is 32.3 Å². The Morgan fingerprint density at radius 3 is 2.46 bits per heavy atom. The molecule has 1 saturated heterocycles. The van der Waals surface area contributed by atoms with E-state index >= 15 is 0 Å². The number of nitrogens with zero attached hydrogens (tertiary/aromatic N) is 3. The number of ether oxygens (including phenoxy) is 1. The molecule has 2 heterocycles. The number of carbonyl (C=O) groups excluding carboxylic acids is 1. The molecule has 0 saturated carbocycles. The van der Waals surface area contributed by atoms with Crippen LogP contribution in [0, 0.1) is 0 Å². The van der Waals surface area contributed by atoms with Crippen molar-refractivity contribution in [3.05, 3.63) is 82.9 Å². The van der Waals surface area contributed by atoms with E-state index in [-0.39, 0.29) is 27.6 Å². The van der Waals surface area contributed by atoms with E-state index < -0.39 is 27.2 Å². The monoisotopic (exact) mass is 668 g/mol. The van der Waals surface area contributed by atoms with Crippen LogP contribution in [0.4, 0.5) is 10.6 Å². The number of nitrogens with one attached hydrogen (secondary N) is 2. The van der Waals surface area contributed by atoms with E-state index in [9.17, 15) is 23.1 Å². The molecule has 2 amide bonds. The third-order valence-corrected chi connectivity index (χ3v) is 10.6. The molecule has 0 radical (unpaired) electrons. The number of benzene rings is 3. The number of aromatic nitrogens is 2. The molecule has 1 fully saturated rings. The minimum atomic E-state index is -4.01. The summed E-state index contributed by atoms with van der Waals surface area (Å²) in [6, 6.07) is 18.9. The number of hydrogen-bond donors (Lipinski definition) is 3. The number of rotatable bonds is 9. The minimum Gasteiger partial charge on any atom is -0.496 e. The Kier molecular flexibility index (Phi) is 8.84. The van der Waals surface area contributed by atoms with Gasteiger partial charge in [0.1, 0.15) is 11.3 Å². The molecule has 11 nitrogen and oxygen atoms in total. The van der Waals surface area contributed by atoms with E-state index in [0.29, 0.717) is 47.6 Å². The fourth-order valence-corrected chi connectivity index (χ4v) is 8.13. The Morgan fingerprint density at radius 2 is 1.78 bits per heavy atom. The van der Waals surface area contributed by atoms with Crippen LogP contribution < -0.4 is 14.8 Å². The average molecular weight is 669 g/mol. The van der Waals surface area contributed by atoms with E-state index in [1.54, 1.807) is 35.9 Å². The van der Waals surface area contributed by atoms with Gasteiger partial charge >= 0.3 is 6.09 Å². The SMILES string of the molecule is COc1cccc2c1c(NS(=O)(=O)c1cccc(Cl)c1)nn2Cc1cccc(CNC(=O)[C@]2(C)CCC[N+]2(C(=O)O)C(C)(C)C)c1. The average Bonchev–Trinajstić information content (AvgIpc) is 3.54. The van der Waals surface area contributed by atoms with Crippen molar-refractivity contribution in [1.82, 2.24) is 15.1 Å². The van der Waals surface area contributed by atoms with Crippen LogP contribution in [0.1, 0.15) is 51.7 Å². The van der Waals surface area contributed by atoms with Gasteiger partial charge in [-0.2, -0.15) is 9.89 Å². The van der Waals surface area contributed by atoms with Crippen molar-refractivity contribution in [2.75, 3.05) is 18.4 Å². The fourth-order valence-electron chi connectivity index (χ4n) is 6.82. The third-order valence-electron chi connectivity index (χ3n) is 9.03. The Labute approximate surface area is 273 Å². The summed E-state index contributed by atoms with van der Waals surface area (Å²) in [5, 5.41) is 18.8. The third kappa shape index (κ3) is 5.80. The van der Waals surface area contributed by atoms with Gasteiger partial charge in [0.15, 0.2) is 11.4 Å². The molecule has 0 bridgehead atoms. The zero-order chi connectivity index (χ0) is 33.5. The summed E-state index contributed by atoms with van der Waals surface area (Å²) in [5.41, 5.74) is 0.544. The van der Waals surface area contributed by atoms with Gasteiger partial charge < -0.3 is 15.2 Å². The number of quaternary nitrogens is 1. The maximum absolute atomic E-state index is 13.6. The molecular weight excluding hydrogens is 630 g/mol.